The van der Waals surface area contributed by atoms with Crippen LogP contribution in [0.25, 0.3) is 0 Å². The van der Waals surface area contributed by atoms with E-state index in [0.29, 0.717) is 22.9 Å². The van der Waals surface area contributed by atoms with Gasteiger partial charge in [0.05, 0.1) is 25.5 Å². The number of hydrogen-bond acceptors (Lipinski definition) is 10. The normalized spacial score (nSPS) is 20.5. The zero-order valence-corrected chi connectivity index (χ0v) is 30.2. The monoisotopic (exact) mass is 712 g/mol. The summed E-state index contributed by atoms with van der Waals surface area (Å²) in [5.41, 5.74) is 0.681. The molecule has 1 aromatic carbocycles. The minimum Gasteiger partial charge on any atom is -0.495 e. The van der Waals surface area contributed by atoms with E-state index in [0.717, 1.165) is 82.6 Å². The number of benzene rings is 1. The van der Waals surface area contributed by atoms with Crippen LogP contribution in [0.15, 0.2) is 24.4 Å². The van der Waals surface area contributed by atoms with Crippen molar-refractivity contribution in [3.63, 3.8) is 0 Å². The summed E-state index contributed by atoms with van der Waals surface area (Å²) < 4.78 is 41.0. The first-order valence-corrected chi connectivity index (χ1v) is 18.0. The molecule has 2 aromatic rings. The van der Waals surface area contributed by atoms with Crippen LogP contribution in [0.3, 0.4) is 0 Å². The lowest BCUT2D eigenvalue weighted by Gasteiger charge is -2.41. The third kappa shape index (κ3) is 8.45. The highest BCUT2D eigenvalue weighted by molar-refractivity contribution is 6.02. The molecule has 278 valence electrons. The van der Waals surface area contributed by atoms with Gasteiger partial charge in [0, 0.05) is 50.9 Å². The van der Waals surface area contributed by atoms with Crippen molar-refractivity contribution in [2.24, 2.45) is 5.92 Å². The van der Waals surface area contributed by atoms with E-state index in [4.69, 9.17) is 9.47 Å². The topological polar surface area (TPSA) is 132 Å². The molecular formula is C36H50F2N8O5. The van der Waals surface area contributed by atoms with Gasteiger partial charge in [0.15, 0.2) is 5.82 Å². The van der Waals surface area contributed by atoms with Gasteiger partial charge in [-0.05, 0) is 83.5 Å². The van der Waals surface area contributed by atoms with Gasteiger partial charge in [-0.15, -0.1) is 0 Å². The fraction of sp³-hybridized carbons (Fsp3) is 0.639. The average molecular weight is 713 g/mol. The van der Waals surface area contributed by atoms with Crippen LogP contribution in [0.1, 0.15) is 76.1 Å². The van der Waals surface area contributed by atoms with Gasteiger partial charge in [0.2, 0.25) is 5.95 Å². The van der Waals surface area contributed by atoms with Gasteiger partial charge in [-0.25, -0.2) is 9.78 Å². The van der Waals surface area contributed by atoms with Crippen molar-refractivity contribution >= 4 is 41.0 Å². The van der Waals surface area contributed by atoms with Gasteiger partial charge >= 0.3 is 12.0 Å². The standard InChI is InChI=1S/C36H50F2N8O5/c1-35(2,3)51-34(49)45-20-23(21-45)12-15-44-16-13-25(14-17-44)40-31(47)24-10-11-27(29(18-24)50-5)41-33-39-19-28-30(42-33)46(26-8-6-7-9-26)22-36(37,38)32(48)43(28)4/h10-11,18-19,23,25-26H,6-9,12-17,20-22H2,1-5H3,(H,40,47)(H,39,41,42). The number of nitrogens with zero attached hydrogens (tertiary/aromatic N) is 6. The largest absolute Gasteiger partial charge is 0.495 e. The Balaban J connectivity index is 1.02. The van der Waals surface area contributed by atoms with E-state index in [1.54, 1.807) is 28.0 Å². The summed E-state index contributed by atoms with van der Waals surface area (Å²) in [6.07, 6.45) is 7.21. The number of amides is 3. The number of ether oxygens (including phenoxy) is 2. The van der Waals surface area contributed by atoms with Crippen molar-refractivity contribution in [1.29, 1.82) is 0 Å². The van der Waals surface area contributed by atoms with E-state index < -0.39 is 24.0 Å². The van der Waals surface area contributed by atoms with Crippen LogP contribution in [0, 0.1) is 5.92 Å². The number of aromatic nitrogens is 2. The average Bonchev–Trinajstić information content (AvgIpc) is 3.59. The number of fused-ring (bicyclic) bond motifs is 1. The van der Waals surface area contributed by atoms with Crippen LogP contribution in [0.4, 0.5) is 36.7 Å². The molecule has 4 heterocycles. The minimum absolute atomic E-state index is 0.0529. The summed E-state index contributed by atoms with van der Waals surface area (Å²) in [6.45, 7) is 9.10. The smallest absolute Gasteiger partial charge is 0.410 e. The summed E-state index contributed by atoms with van der Waals surface area (Å²) in [4.78, 5) is 53.7. The quantitative estimate of drug-likeness (QED) is 0.365. The fourth-order valence-corrected chi connectivity index (χ4v) is 7.32. The number of halogens is 2. The van der Waals surface area contributed by atoms with Crippen LogP contribution < -0.4 is 25.2 Å². The lowest BCUT2D eigenvalue weighted by Crippen LogP contribution is -2.52. The molecule has 1 saturated carbocycles. The number of alkyl halides is 2. The SMILES string of the molecule is COc1cc(C(=O)NC2CCN(CCC3CN(C(=O)OC(C)(C)C)C3)CC2)ccc1Nc1ncc2c(n1)N(C1CCCC1)CC(F)(F)C(=O)N2C. The van der Waals surface area contributed by atoms with Crippen LogP contribution in [-0.4, -0.2) is 115 Å². The van der Waals surface area contributed by atoms with Crippen molar-refractivity contribution in [2.75, 3.05) is 68.5 Å². The van der Waals surface area contributed by atoms with E-state index in [1.807, 2.05) is 20.8 Å². The zero-order valence-electron chi connectivity index (χ0n) is 30.2. The molecule has 0 atom stereocenters. The Morgan fingerprint density at radius 3 is 2.45 bits per heavy atom. The zero-order chi connectivity index (χ0) is 36.5. The number of anilines is 4. The second kappa shape index (κ2) is 14.8. The van der Waals surface area contributed by atoms with Gasteiger partial charge in [-0.3, -0.25) is 9.59 Å². The third-order valence-electron chi connectivity index (χ3n) is 10.2. The van der Waals surface area contributed by atoms with Gasteiger partial charge in [-0.2, -0.15) is 13.8 Å². The summed E-state index contributed by atoms with van der Waals surface area (Å²) in [5.74, 6) is -3.73. The van der Waals surface area contributed by atoms with Crippen molar-refractivity contribution in [3.8, 4) is 5.75 Å². The van der Waals surface area contributed by atoms with Gasteiger partial charge in [-0.1, -0.05) is 12.8 Å². The lowest BCUT2D eigenvalue weighted by atomic mass is 9.95. The maximum absolute atomic E-state index is 15.0. The number of likely N-dealkylation sites (tertiary alicyclic amines) is 2. The molecule has 1 aliphatic carbocycles. The van der Waals surface area contributed by atoms with Crippen molar-refractivity contribution in [3.05, 3.63) is 30.0 Å². The van der Waals surface area contributed by atoms with Crippen molar-refractivity contribution in [2.45, 2.75) is 89.3 Å². The molecule has 4 aliphatic rings. The highest BCUT2D eigenvalue weighted by Gasteiger charge is 2.49. The summed E-state index contributed by atoms with van der Waals surface area (Å²) >= 11 is 0. The molecule has 0 unspecified atom stereocenters. The predicted octanol–water partition coefficient (Wildman–Crippen LogP) is 5.04. The summed E-state index contributed by atoms with van der Waals surface area (Å²) in [7, 11) is 2.82. The van der Waals surface area contributed by atoms with Crippen LogP contribution in [-0.2, 0) is 9.53 Å². The molecule has 1 aromatic heterocycles. The van der Waals surface area contributed by atoms with Gasteiger partial charge < -0.3 is 39.7 Å². The van der Waals surface area contributed by atoms with E-state index in [1.165, 1.54) is 20.4 Å². The molecule has 0 bridgehead atoms. The van der Waals surface area contributed by atoms with E-state index in [-0.39, 0.29) is 41.5 Å². The molecule has 2 saturated heterocycles. The number of methoxy groups -OCH3 is 1. The van der Waals surface area contributed by atoms with E-state index >= 15 is 0 Å². The third-order valence-corrected chi connectivity index (χ3v) is 10.2. The molecule has 15 heteroatoms. The number of rotatable bonds is 9. The maximum Gasteiger partial charge on any atom is 0.410 e. The molecule has 0 radical (unpaired) electrons. The highest BCUT2D eigenvalue weighted by Crippen LogP contribution is 2.40. The molecule has 51 heavy (non-hydrogen) atoms. The van der Waals surface area contributed by atoms with Crippen molar-refractivity contribution < 1.29 is 32.6 Å². The van der Waals surface area contributed by atoms with Gasteiger partial charge in [0.25, 0.3) is 11.8 Å². The molecule has 2 N–H and O–H groups in total. The number of piperidine rings is 1. The van der Waals surface area contributed by atoms with Gasteiger partial charge in [0.1, 0.15) is 17.0 Å². The van der Waals surface area contributed by atoms with Crippen LogP contribution in [0.2, 0.25) is 0 Å². The lowest BCUT2D eigenvalue weighted by molar-refractivity contribution is -0.140. The van der Waals surface area contributed by atoms with E-state index in [2.05, 4.69) is 25.5 Å². The van der Waals surface area contributed by atoms with Crippen molar-refractivity contribution in [1.82, 2.24) is 25.1 Å². The minimum atomic E-state index is -3.56. The summed E-state index contributed by atoms with van der Waals surface area (Å²) in [5, 5.41) is 6.28. The number of carbonyl (C=O) groups excluding carboxylic acids is 3. The Morgan fingerprint density at radius 2 is 1.78 bits per heavy atom. The van der Waals surface area contributed by atoms with Crippen LogP contribution in [0.5, 0.6) is 5.75 Å². The maximum atomic E-state index is 15.0. The second-order valence-electron chi connectivity index (χ2n) is 15.2. The number of hydrogen-bond donors (Lipinski definition) is 2. The van der Waals surface area contributed by atoms with E-state index in [9.17, 15) is 23.2 Å². The summed E-state index contributed by atoms with van der Waals surface area (Å²) in [6, 6.07) is 4.94. The Bertz CT molecular complexity index is 1600. The first-order valence-electron chi connectivity index (χ1n) is 18.0. The Labute approximate surface area is 298 Å². The first-order chi connectivity index (χ1) is 24.2. The molecule has 0 spiro atoms. The predicted molar refractivity (Wildman–Crippen MR) is 189 cm³/mol. The van der Waals surface area contributed by atoms with Crippen LogP contribution >= 0.6 is 0 Å². The first kappa shape index (κ1) is 36.5. The molecule has 6 rings (SSSR count). The molecule has 13 nitrogen and oxygen atoms in total. The number of carbonyl (C=O) groups is 3. The second-order valence-corrected chi connectivity index (χ2v) is 15.2. The highest BCUT2D eigenvalue weighted by atomic mass is 19.3. The molecule has 3 fully saturated rings. The molecular weight excluding hydrogens is 662 g/mol. The molecule has 3 amide bonds. The fourth-order valence-electron chi connectivity index (χ4n) is 7.32. The Kier molecular flexibility index (Phi) is 10.6. The Morgan fingerprint density at radius 1 is 1.08 bits per heavy atom. The number of nitrogens with one attached hydrogen (secondary N) is 2. The Hall–Kier alpha value is -4.27. The molecule has 3 aliphatic heterocycles.